The van der Waals surface area contributed by atoms with Crippen LogP contribution in [0.2, 0.25) is 5.02 Å². The Morgan fingerprint density at radius 2 is 1.70 bits per heavy atom. The minimum atomic E-state index is -1.23. The van der Waals surface area contributed by atoms with E-state index in [0.717, 1.165) is 0 Å². The molecule has 1 aromatic carbocycles. The van der Waals surface area contributed by atoms with E-state index in [1.807, 2.05) is 0 Å². The number of nitrogens with two attached hydrogens (primary N) is 1. The molecular weight excluding hydrogens is 326 g/mol. The number of amides is 4. The SMILES string of the molecule is C[C@H](NC(=O)c1ccc(Cl)cc1)C(=O)O[C@H](C)C(=O)NC(N)=O. The van der Waals surface area contributed by atoms with Gasteiger partial charge in [-0.15, -0.1) is 0 Å². The van der Waals surface area contributed by atoms with E-state index in [2.05, 4.69) is 5.32 Å². The van der Waals surface area contributed by atoms with E-state index in [9.17, 15) is 19.2 Å². The van der Waals surface area contributed by atoms with E-state index in [4.69, 9.17) is 22.1 Å². The number of nitrogens with one attached hydrogen (secondary N) is 2. The quantitative estimate of drug-likeness (QED) is 0.675. The Morgan fingerprint density at radius 3 is 2.22 bits per heavy atom. The second kappa shape index (κ2) is 8.14. The van der Waals surface area contributed by atoms with Gasteiger partial charge in [0.2, 0.25) is 0 Å². The first kappa shape index (κ1) is 18.4. The van der Waals surface area contributed by atoms with Gasteiger partial charge in [0, 0.05) is 10.6 Å². The van der Waals surface area contributed by atoms with Crippen LogP contribution in [-0.2, 0) is 14.3 Å². The number of carbonyl (C=O) groups excluding carboxylic acids is 4. The average Bonchev–Trinajstić information content (AvgIpc) is 2.46. The maximum absolute atomic E-state index is 11.9. The van der Waals surface area contributed by atoms with Crippen LogP contribution in [0, 0.1) is 0 Å². The summed E-state index contributed by atoms with van der Waals surface area (Å²) in [6.07, 6.45) is -1.23. The summed E-state index contributed by atoms with van der Waals surface area (Å²) in [5, 5.41) is 4.68. The van der Waals surface area contributed by atoms with E-state index in [-0.39, 0.29) is 0 Å². The van der Waals surface area contributed by atoms with Crippen LogP contribution in [0.25, 0.3) is 0 Å². The highest BCUT2D eigenvalue weighted by Gasteiger charge is 2.24. The van der Waals surface area contributed by atoms with Crippen molar-refractivity contribution in [3.8, 4) is 0 Å². The van der Waals surface area contributed by atoms with E-state index in [1.165, 1.54) is 38.1 Å². The third-order valence-electron chi connectivity index (χ3n) is 2.72. The summed E-state index contributed by atoms with van der Waals surface area (Å²) in [6, 6.07) is 4.02. The van der Waals surface area contributed by atoms with Gasteiger partial charge in [-0.25, -0.2) is 9.59 Å². The van der Waals surface area contributed by atoms with Gasteiger partial charge in [-0.2, -0.15) is 0 Å². The Kier molecular flexibility index (Phi) is 6.52. The molecule has 0 bridgehead atoms. The molecule has 0 spiro atoms. The van der Waals surface area contributed by atoms with Gasteiger partial charge in [-0.05, 0) is 38.1 Å². The van der Waals surface area contributed by atoms with Crippen LogP contribution in [0.4, 0.5) is 4.79 Å². The number of carbonyl (C=O) groups is 4. The fraction of sp³-hybridized carbons (Fsp3) is 0.286. The first-order valence-electron chi connectivity index (χ1n) is 6.58. The first-order chi connectivity index (χ1) is 10.7. The maximum atomic E-state index is 11.9. The van der Waals surface area contributed by atoms with Gasteiger partial charge in [0.1, 0.15) is 6.04 Å². The minimum Gasteiger partial charge on any atom is -0.451 e. The molecule has 0 saturated heterocycles. The molecule has 2 atom stereocenters. The second-order valence-electron chi connectivity index (χ2n) is 4.63. The summed E-state index contributed by atoms with van der Waals surface area (Å²) in [6.45, 7) is 2.67. The molecular formula is C14H16ClN3O5. The summed E-state index contributed by atoms with van der Waals surface area (Å²) in [5.41, 5.74) is 5.10. The fourth-order valence-corrected chi connectivity index (χ4v) is 1.62. The normalized spacial score (nSPS) is 12.7. The number of rotatable bonds is 5. The molecule has 0 aliphatic rings. The monoisotopic (exact) mass is 341 g/mol. The largest absolute Gasteiger partial charge is 0.451 e. The van der Waals surface area contributed by atoms with Crippen LogP contribution in [0.3, 0.4) is 0 Å². The summed E-state index contributed by atoms with van der Waals surface area (Å²) in [4.78, 5) is 45.7. The standard InChI is InChI=1S/C14H16ClN3O5/c1-7(13(21)23-8(2)11(19)18-14(16)22)17-12(20)9-3-5-10(15)6-4-9/h3-8H,1-2H3,(H,17,20)(H3,16,18,19,22)/t7-,8+/m0/s1. The number of urea groups is 1. The Balaban J connectivity index is 2.56. The zero-order valence-corrected chi connectivity index (χ0v) is 13.2. The van der Waals surface area contributed by atoms with Gasteiger partial charge >= 0.3 is 12.0 Å². The lowest BCUT2D eigenvalue weighted by Crippen LogP contribution is -2.45. The maximum Gasteiger partial charge on any atom is 0.329 e. The number of benzene rings is 1. The molecule has 8 nitrogen and oxygen atoms in total. The average molecular weight is 342 g/mol. The topological polar surface area (TPSA) is 128 Å². The molecule has 1 rings (SSSR count). The predicted octanol–water partition coefficient (Wildman–Crippen LogP) is 0.585. The van der Waals surface area contributed by atoms with Crippen molar-refractivity contribution in [1.29, 1.82) is 0 Å². The van der Waals surface area contributed by atoms with Crippen LogP contribution in [0.5, 0.6) is 0 Å². The third-order valence-corrected chi connectivity index (χ3v) is 2.97. The lowest BCUT2D eigenvalue weighted by atomic mass is 10.2. The van der Waals surface area contributed by atoms with E-state index < -0.39 is 36.0 Å². The molecule has 4 N–H and O–H groups in total. The van der Waals surface area contributed by atoms with Crippen molar-refractivity contribution in [3.05, 3.63) is 34.9 Å². The zero-order chi connectivity index (χ0) is 17.6. The molecule has 0 saturated carbocycles. The van der Waals surface area contributed by atoms with Crippen LogP contribution in [0.1, 0.15) is 24.2 Å². The van der Waals surface area contributed by atoms with Gasteiger partial charge in [0.15, 0.2) is 6.10 Å². The minimum absolute atomic E-state index is 0.313. The van der Waals surface area contributed by atoms with Crippen LogP contribution in [-0.4, -0.2) is 36.0 Å². The molecule has 0 unspecified atom stereocenters. The highest BCUT2D eigenvalue weighted by atomic mass is 35.5. The number of imide groups is 1. The van der Waals surface area contributed by atoms with Crippen LogP contribution >= 0.6 is 11.6 Å². The summed E-state index contributed by atoms with van der Waals surface area (Å²) < 4.78 is 4.84. The number of hydrogen-bond donors (Lipinski definition) is 3. The lowest BCUT2D eigenvalue weighted by molar-refractivity contribution is -0.155. The van der Waals surface area contributed by atoms with Gasteiger partial charge in [-0.1, -0.05) is 11.6 Å². The van der Waals surface area contributed by atoms with Crippen molar-refractivity contribution < 1.29 is 23.9 Å². The number of halogens is 1. The number of esters is 1. The number of hydrogen-bond acceptors (Lipinski definition) is 5. The molecule has 0 aliphatic carbocycles. The van der Waals surface area contributed by atoms with E-state index in [1.54, 1.807) is 5.32 Å². The van der Waals surface area contributed by atoms with Gasteiger partial charge in [0.25, 0.3) is 11.8 Å². The van der Waals surface area contributed by atoms with E-state index in [0.29, 0.717) is 10.6 Å². The Hall–Kier alpha value is -2.61. The van der Waals surface area contributed by atoms with Gasteiger partial charge in [-0.3, -0.25) is 14.9 Å². The molecule has 0 fully saturated rings. The number of primary amides is 1. The molecule has 1 aromatic rings. The van der Waals surface area contributed by atoms with Crippen molar-refractivity contribution in [2.45, 2.75) is 26.0 Å². The molecule has 4 amide bonds. The molecule has 23 heavy (non-hydrogen) atoms. The van der Waals surface area contributed by atoms with Crippen molar-refractivity contribution in [3.63, 3.8) is 0 Å². The highest BCUT2D eigenvalue weighted by molar-refractivity contribution is 6.30. The molecule has 124 valence electrons. The molecule has 9 heteroatoms. The van der Waals surface area contributed by atoms with Gasteiger partial charge in [0.05, 0.1) is 0 Å². The van der Waals surface area contributed by atoms with Gasteiger partial charge < -0.3 is 15.8 Å². The molecule has 0 aromatic heterocycles. The van der Waals surface area contributed by atoms with Crippen molar-refractivity contribution in [2.75, 3.05) is 0 Å². The second-order valence-corrected chi connectivity index (χ2v) is 5.07. The van der Waals surface area contributed by atoms with Crippen molar-refractivity contribution in [1.82, 2.24) is 10.6 Å². The Morgan fingerprint density at radius 1 is 1.13 bits per heavy atom. The molecule has 0 radical (unpaired) electrons. The fourth-order valence-electron chi connectivity index (χ4n) is 1.49. The smallest absolute Gasteiger partial charge is 0.329 e. The van der Waals surface area contributed by atoms with Crippen molar-refractivity contribution in [2.24, 2.45) is 5.73 Å². The molecule has 0 aliphatic heterocycles. The van der Waals surface area contributed by atoms with Crippen LogP contribution in [0.15, 0.2) is 24.3 Å². The Labute approximate surface area is 137 Å². The summed E-state index contributed by atoms with van der Waals surface area (Å²) in [5.74, 6) is -2.19. The molecule has 0 heterocycles. The first-order valence-corrected chi connectivity index (χ1v) is 6.95. The number of ether oxygens (including phenoxy) is 1. The zero-order valence-electron chi connectivity index (χ0n) is 12.5. The third kappa shape index (κ3) is 5.95. The predicted molar refractivity (Wildman–Crippen MR) is 81.7 cm³/mol. The van der Waals surface area contributed by atoms with Crippen molar-refractivity contribution >= 4 is 35.4 Å². The van der Waals surface area contributed by atoms with E-state index >= 15 is 0 Å². The Bertz CT molecular complexity index is 617. The van der Waals surface area contributed by atoms with Crippen LogP contribution < -0.4 is 16.4 Å². The summed E-state index contributed by atoms with van der Waals surface area (Å²) >= 11 is 5.72. The highest BCUT2D eigenvalue weighted by Crippen LogP contribution is 2.09. The lowest BCUT2D eigenvalue weighted by Gasteiger charge is -2.17. The summed E-state index contributed by atoms with van der Waals surface area (Å²) in [7, 11) is 0.